The first-order valence-corrected chi connectivity index (χ1v) is 9.04. The number of hydrogen-bond donors (Lipinski definition) is 1. The Morgan fingerprint density at radius 1 is 1.16 bits per heavy atom. The number of nitrogens with zero attached hydrogens (tertiary/aromatic N) is 1. The van der Waals surface area contributed by atoms with Crippen LogP contribution in [-0.4, -0.2) is 25.0 Å². The van der Waals surface area contributed by atoms with Crippen LogP contribution in [0, 0.1) is 16.7 Å². The summed E-state index contributed by atoms with van der Waals surface area (Å²) in [5, 5.41) is 14.5. The normalized spacial score (nSPS) is 24.8. The second-order valence-electron chi connectivity index (χ2n) is 7.64. The van der Waals surface area contributed by atoms with Crippen LogP contribution in [0.4, 0.5) is 11.4 Å². The van der Waals surface area contributed by atoms with E-state index in [0.717, 1.165) is 24.5 Å². The molecule has 0 bridgehead atoms. The van der Waals surface area contributed by atoms with Gasteiger partial charge in [-0.15, -0.1) is 0 Å². The quantitative estimate of drug-likeness (QED) is 0.860. The van der Waals surface area contributed by atoms with E-state index in [-0.39, 0.29) is 11.8 Å². The minimum Gasteiger partial charge on any atom is -0.550 e. The third-order valence-electron chi connectivity index (χ3n) is 6.26. The lowest BCUT2D eigenvalue weighted by atomic mass is 9.65. The van der Waals surface area contributed by atoms with Crippen molar-refractivity contribution in [2.45, 2.75) is 47.5 Å². The molecular formula is C20H29N2O3-. The third-order valence-corrected chi connectivity index (χ3v) is 6.26. The van der Waals surface area contributed by atoms with Gasteiger partial charge in [0, 0.05) is 41.8 Å². The molecule has 1 aliphatic carbocycles. The maximum atomic E-state index is 12.7. The number of aliphatic carboxylic acids is 1. The van der Waals surface area contributed by atoms with E-state index in [1.165, 1.54) is 0 Å². The molecule has 0 unspecified atom stereocenters. The number of anilines is 2. The fourth-order valence-electron chi connectivity index (χ4n) is 3.90. The summed E-state index contributed by atoms with van der Waals surface area (Å²) in [6.45, 7) is 11.5. The first-order valence-electron chi connectivity index (χ1n) is 9.04. The zero-order valence-corrected chi connectivity index (χ0v) is 15.9. The summed E-state index contributed by atoms with van der Waals surface area (Å²) in [6, 6.07) is 7.78. The van der Waals surface area contributed by atoms with Gasteiger partial charge in [0.2, 0.25) is 5.91 Å². The molecule has 5 nitrogen and oxygen atoms in total. The minimum absolute atomic E-state index is 0.120. The van der Waals surface area contributed by atoms with E-state index in [1.807, 2.05) is 38.1 Å². The monoisotopic (exact) mass is 345 g/mol. The largest absolute Gasteiger partial charge is 0.550 e. The van der Waals surface area contributed by atoms with Crippen molar-refractivity contribution < 1.29 is 14.7 Å². The summed E-state index contributed by atoms with van der Waals surface area (Å²) in [6.07, 6.45) is 1.02. The number of carboxylic acid groups (broad SMARTS) is 1. The predicted octanol–water partition coefficient (Wildman–Crippen LogP) is 2.66. The van der Waals surface area contributed by atoms with E-state index in [2.05, 4.69) is 24.1 Å². The Balaban J connectivity index is 2.11. The van der Waals surface area contributed by atoms with Crippen LogP contribution in [0.1, 0.15) is 47.5 Å². The average Bonchev–Trinajstić information content (AvgIpc) is 2.81. The molecule has 1 aliphatic rings. The van der Waals surface area contributed by atoms with Gasteiger partial charge in [-0.3, -0.25) is 4.79 Å². The van der Waals surface area contributed by atoms with Crippen LogP contribution >= 0.6 is 0 Å². The van der Waals surface area contributed by atoms with E-state index in [9.17, 15) is 14.7 Å². The summed E-state index contributed by atoms with van der Waals surface area (Å²) in [5.41, 5.74) is 0.214. The molecule has 25 heavy (non-hydrogen) atoms. The molecule has 0 saturated heterocycles. The van der Waals surface area contributed by atoms with Crippen LogP contribution in [0.5, 0.6) is 0 Å². The average molecular weight is 345 g/mol. The van der Waals surface area contributed by atoms with E-state index in [0.29, 0.717) is 12.8 Å². The van der Waals surface area contributed by atoms with Gasteiger partial charge >= 0.3 is 0 Å². The summed E-state index contributed by atoms with van der Waals surface area (Å²) in [7, 11) is 0. The number of hydrogen-bond acceptors (Lipinski definition) is 4. The predicted molar refractivity (Wildman–Crippen MR) is 98.3 cm³/mol. The molecule has 1 N–H and O–H groups in total. The minimum atomic E-state index is -1.07. The van der Waals surface area contributed by atoms with E-state index < -0.39 is 16.8 Å². The molecule has 1 fully saturated rings. The van der Waals surface area contributed by atoms with Crippen molar-refractivity contribution in [2.24, 2.45) is 16.7 Å². The van der Waals surface area contributed by atoms with E-state index >= 15 is 0 Å². The Bertz CT molecular complexity index is 635. The van der Waals surface area contributed by atoms with Gasteiger partial charge in [0.15, 0.2) is 0 Å². The maximum absolute atomic E-state index is 12.7. The molecule has 2 rings (SSSR count). The molecule has 5 heteroatoms. The standard InChI is InChI=1S/C20H30N2O3/c1-6-22(7-2)15-10-8-14(9-11-15)21-17(23)16-12-13-20(5,18(24)25)19(16,3)4/h8-11,16H,6-7,12-13H2,1-5H3,(H,21,23)(H,24,25)/p-1/t16-,20+/m0/s1. The first-order chi connectivity index (χ1) is 11.7. The lowest BCUT2D eigenvalue weighted by molar-refractivity contribution is -0.323. The molecule has 1 saturated carbocycles. The lowest BCUT2D eigenvalue weighted by Gasteiger charge is -2.41. The molecule has 2 atom stereocenters. The van der Waals surface area contributed by atoms with Crippen LogP contribution in [0.2, 0.25) is 0 Å². The van der Waals surface area contributed by atoms with Crippen LogP contribution in [0.15, 0.2) is 24.3 Å². The fourth-order valence-corrected chi connectivity index (χ4v) is 3.90. The van der Waals surface area contributed by atoms with E-state index in [1.54, 1.807) is 6.92 Å². The van der Waals surface area contributed by atoms with Gasteiger partial charge in [-0.25, -0.2) is 0 Å². The van der Waals surface area contributed by atoms with Gasteiger partial charge in [0.1, 0.15) is 0 Å². The van der Waals surface area contributed by atoms with Gasteiger partial charge in [-0.2, -0.15) is 0 Å². The third kappa shape index (κ3) is 3.37. The number of benzene rings is 1. The first kappa shape index (κ1) is 19.3. The zero-order chi connectivity index (χ0) is 18.8. The Labute approximate surface area is 150 Å². The van der Waals surface area contributed by atoms with Crippen LogP contribution in [-0.2, 0) is 9.59 Å². The lowest BCUT2D eigenvalue weighted by Crippen LogP contribution is -2.49. The highest BCUT2D eigenvalue weighted by atomic mass is 16.4. The second kappa shape index (κ2) is 7.06. The smallest absolute Gasteiger partial charge is 0.228 e. The van der Waals surface area contributed by atoms with Gasteiger partial charge in [-0.1, -0.05) is 20.8 Å². The molecule has 0 aliphatic heterocycles. The molecule has 1 amide bonds. The second-order valence-corrected chi connectivity index (χ2v) is 7.64. The van der Waals surface area contributed by atoms with Crippen molar-refractivity contribution in [3.63, 3.8) is 0 Å². The number of amides is 1. The number of rotatable bonds is 6. The molecular weight excluding hydrogens is 316 g/mol. The summed E-state index contributed by atoms with van der Waals surface area (Å²) < 4.78 is 0. The van der Waals surface area contributed by atoms with Crippen molar-refractivity contribution >= 4 is 23.3 Å². The molecule has 138 valence electrons. The van der Waals surface area contributed by atoms with Crippen LogP contribution < -0.4 is 15.3 Å². The maximum Gasteiger partial charge on any atom is 0.228 e. The zero-order valence-electron chi connectivity index (χ0n) is 15.9. The van der Waals surface area contributed by atoms with Crippen molar-refractivity contribution in [1.82, 2.24) is 0 Å². The SMILES string of the molecule is CCN(CC)c1ccc(NC(=O)[C@@H]2CC[C@](C)(C(=O)[O-])C2(C)C)cc1. The van der Waals surface area contributed by atoms with E-state index in [4.69, 9.17) is 0 Å². The van der Waals surface area contributed by atoms with Gasteiger partial charge < -0.3 is 20.1 Å². The number of nitrogens with one attached hydrogen (secondary N) is 1. The summed E-state index contributed by atoms with van der Waals surface area (Å²) in [4.78, 5) is 26.5. The topological polar surface area (TPSA) is 72.5 Å². The molecule has 1 aromatic rings. The molecule has 0 spiro atoms. The number of carbonyl (C=O) groups is 2. The van der Waals surface area contributed by atoms with Crippen molar-refractivity contribution in [3.05, 3.63) is 24.3 Å². The Morgan fingerprint density at radius 3 is 2.16 bits per heavy atom. The fraction of sp³-hybridized carbons (Fsp3) is 0.600. The Hall–Kier alpha value is -2.04. The van der Waals surface area contributed by atoms with Gasteiger partial charge in [-0.05, 0) is 56.4 Å². The molecule has 0 heterocycles. The highest BCUT2D eigenvalue weighted by molar-refractivity contribution is 5.94. The van der Waals surface area contributed by atoms with Gasteiger partial charge in [0.25, 0.3) is 0 Å². The Kier molecular flexibility index (Phi) is 5.45. The van der Waals surface area contributed by atoms with Crippen LogP contribution in [0.25, 0.3) is 0 Å². The molecule has 1 aromatic carbocycles. The highest BCUT2D eigenvalue weighted by Gasteiger charge is 2.54. The molecule has 0 radical (unpaired) electrons. The van der Waals surface area contributed by atoms with Crippen molar-refractivity contribution in [1.29, 1.82) is 0 Å². The number of carboxylic acids is 1. The number of carbonyl (C=O) groups excluding carboxylic acids is 2. The summed E-state index contributed by atoms with van der Waals surface area (Å²) >= 11 is 0. The highest BCUT2D eigenvalue weighted by Crippen LogP contribution is 2.55. The van der Waals surface area contributed by atoms with Gasteiger partial charge in [0.05, 0.1) is 0 Å². The summed E-state index contributed by atoms with van der Waals surface area (Å²) in [5.74, 6) is -1.54. The van der Waals surface area contributed by atoms with Crippen LogP contribution in [0.3, 0.4) is 0 Å². The van der Waals surface area contributed by atoms with Crippen molar-refractivity contribution in [3.8, 4) is 0 Å². The Morgan fingerprint density at radius 2 is 1.72 bits per heavy atom. The van der Waals surface area contributed by atoms with Crippen molar-refractivity contribution in [2.75, 3.05) is 23.3 Å². The molecule has 0 aromatic heterocycles.